The number of aromatic nitrogens is 3. The lowest BCUT2D eigenvalue weighted by Gasteiger charge is -2.04. The van der Waals surface area contributed by atoms with Crippen LogP contribution in [-0.4, -0.2) is 15.0 Å². The molecule has 0 aliphatic carbocycles. The first-order chi connectivity index (χ1) is 9.29. The van der Waals surface area contributed by atoms with E-state index in [1.165, 1.54) is 0 Å². The summed E-state index contributed by atoms with van der Waals surface area (Å²) in [7, 11) is 0. The average Bonchev–Trinajstić information content (AvgIpc) is 3.07. The van der Waals surface area contributed by atoms with Gasteiger partial charge in [0, 0.05) is 35.4 Å². The first-order valence-electron chi connectivity index (χ1n) is 6.27. The Morgan fingerprint density at radius 2 is 2.21 bits per heavy atom. The van der Waals surface area contributed by atoms with Crippen molar-refractivity contribution in [2.75, 3.05) is 0 Å². The highest BCUT2D eigenvalue weighted by Crippen LogP contribution is 2.28. The van der Waals surface area contributed by atoms with Crippen LogP contribution >= 0.6 is 0 Å². The van der Waals surface area contributed by atoms with Crippen molar-refractivity contribution in [1.82, 2.24) is 15.0 Å². The Bertz CT molecular complexity index is 731. The van der Waals surface area contributed by atoms with Crippen LogP contribution in [0.4, 0.5) is 0 Å². The maximum atomic E-state index is 9.17. The lowest BCUT2D eigenvalue weighted by molar-refractivity contribution is 0.903. The van der Waals surface area contributed by atoms with Gasteiger partial charge in [-0.25, -0.2) is 4.98 Å². The van der Waals surface area contributed by atoms with E-state index in [-0.39, 0.29) is 5.92 Å². The quantitative estimate of drug-likeness (QED) is 0.750. The summed E-state index contributed by atoms with van der Waals surface area (Å²) in [5.74, 6) is 0.758. The van der Waals surface area contributed by atoms with Gasteiger partial charge in [0.25, 0.3) is 0 Å². The molecule has 0 fully saturated rings. The van der Waals surface area contributed by atoms with Gasteiger partial charge < -0.3 is 9.97 Å². The molecular weight excluding hydrogens is 236 g/mol. The number of hydrogen-bond acceptors (Lipinski definition) is 2. The monoisotopic (exact) mass is 250 g/mol. The fourth-order valence-electron chi connectivity index (χ4n) is 2.41. The second-order valence-corrected chi connectivity index (χ2v) is 4.63. The van der Waals surface area contributed by atoms with Crippen molar-refractivity contribution in [2.45, 2.75) is 19.3 Å². The Balaban J connectivity index is 2.16. The zero-order valence-electron chi connectivity index (χ0n) is 10.6. The van der Waals surface area contributed by atoms with Crippen molar-refractivity contribution < 1.29 is 0 Å². The minimum absolute atomic E-state index is 0.155. The minimum Gasteiger partial charge on any atom is -0.357 e. The third-order valence-corrected chi connectivity index (χ3v) is 3.37. The maximum absolute atomic E-state index is 9.17. The fourth-order valence-corrected chi connectivity index (χ4v) is 2.41. The molecule has 0 amide bonds. The predicted molar refractivity (Wildman–Crippen MR) is 73.7 cm³/mol. The van der Waals surface area contributed by atoms with Crippen molar-refractivity contribution in [3.8, 4) is 6.07 Å². The first kappa shape index (κ1) is 11.5. The van der Waals surface area contributed by atoms with Crippen molar-refractivity contribution in [3.63, 3.8) is 0 Å². The number of rotatable bonds is 3. The van der Waals surface area contributed by atoms with Crippen LogP contribution in [0.1, 0.15) is 29.9 Å². The maximum Gasteiger partial charge on any atom is 0.110 e. The molecule has 0 bridgehead atoms. The molecule has 3 rings (SSSR count). The summed E-state index contributed by atoms with van der Waals surface area (Å²) in [6, 6.07) is 10.4. The van der Waals surface area contributed by atoms with E-state index in [0.717, 1.165) is 28.0 Å². The number of nitrogens with one attached hydrogen (secondary N) is 2. The van der Waals surface area contributed by atoms with Gasteiger partial charge in [-0.05, 0) is 18.6 Å². The Labute approximate surface area is 111 Å². The van der Waals surface area contributed by atoms with Gasteiger partial charge in [-0.1, -0.05) is 18.2 Å². The van der Waals surface area contributed by atoms with E-state index in [1.54, 1.807) is 6.20 Å². The van der Waals surface area contributed by atoms with Crippen LogP contribution in [-0.2, 0) is 6.42 Å². The molecule has 19 heavy (non-hydrogen) atoms. The molecule has 94 valence electrons. The zero-order chi connectivity index (χ0) is 13.2. The summed E-state index contributed by atoms with van der Waals surface area (Å²) < 4.78 is 0. The van der Waals surface area contributed by atoms with E-state index < -0.39 is 0 Å². The van der Waals surface area contributed by atoms with Gasteiger partial charge in [0.1, 0.15) is 5.82 Å². The normalized spacial score (nSPS) is 12.4. The van der Waals surface area contributed by atoms with Gasteiger partial charge in [0.2, 0.25) is 0 Å². The summed E-state index contributed by atoms with van der Waals surface area (Å²) >= 11 is 0. The number of benzene rings is 1. The second kappa shape index (κ2) is 4.62. The van der Waals surface area contributed by atoms with Gasteiger partial charge in [0.05, 0.1) is 12.0 Å². The summed E-state index contributed by atoms with van der Waals surface area (Å²) in [5, 5.41) is 10.3. The Morgan fingerprint density at radius 3 is 2.95 bits per heavy atom. The zero-order valence-corrected chi connectivity index (χ0v) is 10.6. The molecule has 3 aromatic rings. The van der Waals surface area contributed by atoms with Gasteiger partial charge in [-0.2, -0.15) is 5.26 Å². The second-order valence-electron chi connectivity index (χ2n) is 4.63. The van der Waals surface area contributed by atoms with Crippen LogP contribution in [0.25, 0.3) is 10.9 Å². The number of aromatic amines is 2. The molecular formula is C15H14N4. The molecule has 2 N–H and O–H groups in total. The lowest BCUT2D eigenvalue weighted by Crippen LogP contribution is -1.98. The van der Waals surface area contributed by atoms with Crippen molar-refractivity contribution in [1.29, 1.82) is 5.26 Å². The largest absolute Gasteiger partial charge is 0.357 e. The third-order valence-electron chi connectivity index (χ3n) is 3.37. The summed E-state index contributed by atoms with van der Waals surface area (Å²) in [5.41, 5.74) is 3.21. The number of imidazole rings is 1. The highest BCUT2D eigenvalue weighted by atomic mass is 14.9. The number of para-hydroxylation sites is 1. The van der Waals surface area contributed by atoms with Crippen LogP contribution in [0, 0.1) is 11.3 Å². The molecule has 0 saturated heterocycles. The molecule has 1 aromatic carbocycles. The van der Waals surface area contributed by atoms with E-state index >= 15 is 0 Å². The van der Waals surface area contributed by atoms with Gasteiger partial charge >= 0.3 is 0 Å². The molecule has 0 spiro atoms. The van der Waals surface area contributed by atoms with E-state index in [4.69, 9.17) is 0 Å². The molecule has 4 heteroatoms. The Hall–Kier alpha value is -2.54. The molecule has 2 heterocycles. The van der Waals surface area contributed by atoms with Crippen molar-refractivity contribution >= 4 is 10.9 Å². The Kier molecular flexibility index (Phi) is 2.81. The van der Waals surface area contributed by atoms with Crippen LogP contribution in [0.15, 0.2) is 36.7 Å². The van der Waals surface area contributed by atoms with E-state index in [0.29, 0.717) is 6.42 Å². The van der Waals surface area contributed by atoms with Crippen LogP contribution in [0.3, 0.4) is 0 Å². The van der Waals surface area contributed by atoms with Gasteiger partial charge in [-0.15, -0.1) is 0 Å². The summed E-state index contributed by atoms with van der Waals surface area (Å²) in [6.07, 6.45) is 4.27. The standard InChI is InChI=1S/C15H14N4/c1-10(9-16)15-12(8-14-17-6-7-18-14)11-4-2-3-5-13(11)19-15/h2-7,10,19H,8H2,1H3,(H,17,18). The van der Waals surface area contributed by atoms with Gasteiger partial charge in [-0.3, -0.25) is 0 Å². The van der Waals surface area contributed by atoms with Crippen LogP contribution in [0.2, 0.25) is 0 Å². The van der Waals surface area contributed by atoms with Crippen LogP contribution < -0.4 is 0 Å². The molecule has 2 aromatic heterocycles. The smallest absolute Gasteiger partial charge is 0.110 e. The number of hydrogen-bond donors (Lipinski definition) is 2. The Morgan fingerprint density at radius 1 is 1.37 bits per heavy atom. The third kappa shape index (κ3) is 2.00. The fraction of sp³-hybridized carbons (Fsp3) is 0.200. The van der Waals surface area contributed by atoms with Gasteiger partial charge in [0.15, 0.2) is 0 Å². The van der Waals surface area contributed by atoms with E-state index in [9.17, 15) is 5.26 Å². The molecule has 0 aliphatic rings. The summed E-state index contributed by atoms with van der Waals surface area (Å²) in [6.45, 7) is 1.91. The van der Waals surface area contributed by atoms with Crippen molar-refractivity contribution in [3.05, 3.63) is 53.7 Å². The number of nitriles is 1. The number of fused-ring (bicyclic) bond motifs is 1. The molecule has 0 radical (unpaired) electrons. The topological polar surface area (TPSA) is 68.3 Å². The van der Waals surface area contributed by atoms with E-state index in [1.807, 2.05) is 31.3 Å². The molecule has 1 atom stereocenters. The number of H-pyrrole nitrogens is 2. The van der Waals surface area contributed by atoms with E-state index in [2.05, 4.69) is 27.1 Å². The predicted octanol–water partition coefficient (Wildman–Crippen LogP) is 3.11. The molecule has 0 aliphatic heterocycles. The molecule has 1 unspecified atom stereocenters. The van der Waals surface area contributed by atoms with Crippen molar-refractivity contribution in [2.24, 2.45) is 0 Å². The highest BCUT2D eigenvalue weighted by Gasteiger charge is 2.17. The summed E-state index contributed by atoms with van der Waals surface area (Å²) in [4.78, 5) is 10.8. The lowest BCUT2D eigenvalue weighted by atomic mass is 10.0. The first-order valence-corrected chi connectivity index (χ1v) is 6.27. The average molecular weight is 250 g/mol. The molecule has 4 nitrogen and oxygen atoms in total. The highest BCUT2D eigenvalue weighted by molar-refractivity contribution is 5.85. The number of nitrogens with zero attached hydrogens (tertiary/aromatic N) is 2. The molecule has 0 saturated carbocycles. The van der Waals surface area contributed by atoms with Crippen LogP contribution in [0.5, 0.6) is 0 Å². The minimum atomic E-state index is -0.155. The SMILES string of the molecule is CC(C#N)c1[nH]c2ccccc2c1Cc1ncc[nH]1.